The molecule has 2 rings (SSSR count). The molecule has 0 saturated carbocycles. The molecule has 8 nitrogen and oxygen atoms in total. The molecule has 22 heavy (non-hydrogen) atoms. The third-order valence-electron chi connectivity index (χ3n) is 3.50. The zero-order valence-electron chi connectivity index (χ0n) is 12.1. The second-order valence-electron chi connectivity index (χ2n) is 5.01. The van der Waals surface area contributed by atoms with Crippen LogP contribution in [0.1, 0.15) is 10.7 Å². The van der Waals surface area contributed by atoms with Crippen LogP contribution in [-0.4, -0.2) is 55.0 Å². The van der Waals surface area contributed by atoms with Gasteiger partial charge in [0, 0.05) is 18.5 Å². The molecule has 1 fully saturated rings. The van der Waals surface area contributed by atoms with Gasteiger partial charge in [0.25, 0.3) is 0 Å². The van der Waals surface area contributed by atoms with Gasteiger partial charge in [-0.3, -0.25) is 9.59 Å². The van der Waals surface area contributed by atoms with Gasteiger partial charge < -0.3 is 9.84 Å². The molecule has 2 heterocycles. The van der Waals surface area contributed by atoms with E-state index in [0.717, 1.165) is 16.4 Å². The van der Waals surface area contributed by atoms with Crippen LogP contribution < -0.4 is 0 Å². The Morgan fingerprint density at radius 1 is 1.45 bits per heavy atom. The molecule has 0 unspecified atom stereocenters. The van der Waals surface area contributed by atoms with Crippen molar-refractivity contribution >= 4 is 33.3 Å². The Labute approximate surface area is 131 Å². The summed E-state index contributed by atoms with van der Waals surface area (Å²) in [7, 11) is -2.59. The Kier molecular flexibility index (Phi) is 4.83. The fourth-order valence-corrected chi connectivity index (χ4v) is 4.59. The van der Waals surface area contributed by atoms with Crippen molar-refractivity contribution in [2.75, 3.05) is 20.2 Å². The number of nitrogens with zero attached hydrogens (tertiary/aromatic N) is 2. The summed E-state index contributed by atoms with van der Waals surface area (Å²) in [5.74, 6) is -4.32. The van der Waals surface area contributed by atoms with E-state index in [1.807, 2.05) is 0 Å². The number of aryl methyl sites for hydroxylation is 1. The average Bonchev–Trinajstić information content (AvgIpc) is 3.04. The predicted molar refractivity (Wildman–Crippen MR) is 77.7 cm³/mol. The van der Waals surface area contributed by atoms with Crippen LogP contribution in [0, 0.1) is 18.8 Å². The lowest BCUT2D eigenvalue weighted by Crippen LogP contribution is -2.31. The third kappa shape index (κ3) is 3.45. The monoisotopic (exact) mass is 348 g/mol. The van der Waals surface area contributed by atoms with Crippen LogP contribution in [-0.2, 0) is 30.1 Å². The largest absolute Gasteiger partial charge is 0.481 e. The molecule has 1 aliphatic heterocycles. The van der Waals surface area contributed by atoms with Gasteiger partial charge in [-0.1, -0.05) is 0 Å². The number of methoxy groups -OCH3 is 1. The second-order valence-corrected chi connectivity index (χ2v) is 8.04. The maximum absolute atomic E-state index is 12.4. The molecule has 0 amide bonds. The molecule has 2 atom stereocenters. The number of carbonyl (C=O) groups excluding carboxylic acids is 1. The van der Waals surface area contributed by atoms with Crippen LogP contribution in [0.25, 0.3) is 0 Å². The van der Waals surface area contributed by atoms with Crippen molar-refractivity contribution in [2.45, 2.75) is 12.7 Å². The zero-order chi connectivity index (χ0) is 16.5. The highest BCUT2D eigenvalue weighted by Gasteiger charge is 2.46. The highest BCUT2D eigenvalue weighted by molar-refractivity contribution is 7.88. The summed E-state index contributed by atoms with van der Waals surface area (Å²) < 4.78 is 30.4. The first-order chi connectivity index (χ1) is 10.2. The number of thiazole rings is 1. The number of rotatable bonds is 5. The molecule has 0 radical (unpaired) electrons. The minimum absolute atomic E-state index is 0.185. The van der Waals surface area contributed by atoms with Crippen molar-refractivity contribution < 1.29 is 27.9 Å². The lowest BCUT2D eigenvalue weighted by atomic mass is 9.97. The molecule has 0 aromatic carbocycles. The predicted octanol–water partition coefficient (Wildman–Crippen LogP) is 0.0869. The highest BCUT2D eigenvalue weighted by Crippen LogP contribution is 2.28. The van der Waals surface area contributed by atoms with Crippen molar-refractivity contribution in [3.63, 3.8) is 0 Å². The summed E-state index contributed by atoms with van der Waals surface area (Å²) in [6.07, 6.45) is 0. The van der Waals surface area contributed by atoms with Gasteiger partial charge in [-0.15, -0.1) is 11.3 Å². The standard InChI is InChI=1S/C12H16N2O6S2/c1-7-13-8(5-21-7)6-22(18,19)14-3-9(11(15)16)10(4-14)12(17)20-2/h5,9-10H,3-4,6H2,1-2H3,(H,15,16)/t9-,10+/m0/s1. The SMILES string of the molecule is COC(=O)[C@@H]1CN(S(=O)(=O)Cc2csc(C)n2)C[C@@H]1C(=O)O. The van der Waals surface area contributed by atoms with Crippen LogP contribution in [0.4, 0.5) is 0 Å². The summed E-state index contributed by atoms with van der Waals surface area (Å²) in [5, 5.41) is 11.6. The summed E-state index contributed by atoms with van der Waals surface area (Å²) in [6.45, 7) is 1.35. The van der Waals surface area contributed by atoms with Gasteiger partial charge in [-0.05, 0) is 6.92 Å². The van der Waals surface area contributed by atoms with E-state index in [1.165, 1.54) is 11.3 Å². The van der Waals surface area contributed by atoms with Crippen molar-refractivity contribution in [1.82, 2.24) is 9.29 Å². The molecular formula is C12H16N2O6S2. The minimum Gasteiger partial charge on any atom is -0.481 e. The smallest absolute Gasteiger partial charge is 0.310 e. The molecule has 1 saturated heterocycles. The normalized spacial score (nSPS) is 22.6. The fraction of sp³-hybridized carbons (Fsp3) is 0.583. The molecule has 1 aromatic heterocycles. The Balaban J connectivity index is 2.18. The van der Waals surface area contributed by atoms with Crippen LogP contribution in [0.15, 0.2) is 5.38 Å². The first kappa shape index (κ1) is 16.8. The molecule has 1 aliphatic rings. The van der Waals surface area contributed by atoms with Gasteiger partial charge in [0.05, 0.1) is 29.6 Å². The highest BCUT2D eigenvalue weighted by atomic mass is 32.2. The van der Waals surface area contributed by atoms with E-state index in [4.69, 9.17) is 5.11 Å². The van der Waals surface area contributed by atoms with E-state index in [-0.39, 0.29) is 18.8 Å². The Hall–Kier alpha value is -1.52. The van der Waals surface area contributed by atoms with Gasteiger partial charge in [-0.25, -0.2) is 13.4 Å². The number of carboxylic acids is 1. The first-order valence-electron chi connectivity index (χ1n) is 6.44. The molecule has 122 valence electrons. The molecule has 1 N–H and O–H groups in total. The van der Waals surface area contributed by atoms with Crippen molar-refractivity contribution in [3.8, 4) is 0 Å². The second kappa shape index (κ2) is 6.31. The maximum atomic E-state index is 12.4. The van der Waals surface area contributed by atoms with Crippen LogP contribution >= 0.6 is 11.3 Å². The number of ether oxygens (including phenoxy) is 1. The number of sulfonamides is 1. The molecular weight excluding hydrogens is 332 g/mol. The summed E-state index contributed by atoms with van der Waals surface area (Å²) >= 11 is 1.34. The third-order valence-corrected chi connectivity index (χ3v) is 6.07. The van der Waals surface area contributed by atoms with E-state index < -0.39 is 33.8 Å². The van der Waals surface area contributed by atoms with Gasteiger partial charge in [-0.2, -0.15) is 4.31 Å². The lowest BCUT2D eigenvalue weighted by molar-refractivity contribution is -0.153. The Bertz CT molecular complexity index is 684. The number of hydrogen-bond donors (Lipinski definition) is 1. The maximum Gasteiger partial charge on any atom is 0.310 e. The van der Waals surface area contributed by atoms with Crippen LogP contribution in [0.3, 0.4) is 0 Å². The van der Waals surface area contributed by atoms with Crippen molar-refractivity contribution in [1.29, 1.82) is 0 Å². The van der Waals surface area contributed by atoms with Crippen LogP contribution in [0.5, 0.6) is 0 Å². The number of aliphatic carboxylic acids is 1. The van der Waals surface area contributed by atoms with Crippen molar-refractivity contribution in [3.05, 3.63) is 16.1 Å². The molecule has 1 aromatic rings. The first-order valence-corrected chi connectivity index (χ1v) is 8.93. The molecule has 0 aliphatic carbocycles. The zero-order valence-corrected chi connectivity index (χ0v) is 13.7. The van der Waals surface area contributed by atoms with Crippen LogP contribution in [0.2, 0.25) is 0 Å². The number of carbonyl (C=O) groups is 2. The number of esters is 1. The van der Waals surface area contributed by atoms with Gasteiger partial charge in [0.1, 0.15) is 5.75 Å². The van der Waals surface area contributed by atoms with Gasteiger partial charge in [0.15, 0.2) is 0 Å². The summed E-state index contributed by atoms with van der Waals surface area (Å²) in [6, 6.07) is 0. The van der Waals surface area contributed by atoms with E-state index in [1.54, 1.807) is 12.3 Å². The Morgan fingerprint density at radius 3 is 2.59 bits per heavy atom. The van der Waals surface area contributed by atoms with E-state index >= 15 is 0 Å². The molecule has 0 spiro atoms. The lowest BCUT2D eigenvalue weighted by Gasteiger charge is -2.15. The summed E-state index contributed by atoms with van der Waals surface area (Å²) in [5.41, 5.74) is 0.413. The van der Waals surface area contributed by atoms with Crippen molar-refractivity contribution in [2.24, 2.45) is 11.8 Å². The number of aromatic nitrogens is 1. The summed E-state index contributed by atoms with van der Waals surface area (Å²) in [4.78, 5) is 27.0. The molecule has 10 heteroatoms. The Morgan fingerprint density at radius 2 is 2.09 bits per heavy atom. The van der Waals surface area contributed by atoms with E-state index in [0.29, 0.717) is 5.69 Å². The van der Waals surface area contributed by atoms with Gasteiger partial charge in [0.2, 0.25) is 10.0 Å². The quantitative estimate of drug-likeness (QED) is 0.750. The number of hydrogen-bond acceptors (Lipinski definition) is 7. The van der Waals surface area contributed by atoms with E-state index in [2.05, 4.69) is 9.72 Å². The minimum atomic E-state index is -3.73. The fourth-order valence-electron chi connectivity index (χ4n) is 2.39. The number of carboxylic acid groups (broad SMARTS) is 1. The van der Waals surface area contributed by atoms with E-state index in [9.17, 15) is 18.0 Å². The average molecular weight is 348 g/mol. The topological polar surface area (TPSA) is 114 Å². The van der Waals surface area contributed by atoms with Gasteiger partial charge >= 0.3 is 11.9 Å². The molecule has 0 bridgehead atoms.